The molecule has 1 aromatic rings. The predicted molar refractivity (Wildman–Crippen MR) is 126 cm³/mol. The molecule has 0 aliphatic rings. The van der Waals surface area contributed by atoms with E-state index in [0.717, 1.165) is 30.8 Å². The highest BCUT2D eigenvalue weighted by Crippen LogP contribution is 2.28. The average molecular weight is 418 g/mol. The second-order valence-corrected chi connectivity index (χ2v) is 9.97. The van der Waals surface area contributed by atoms with Crippen LogP contribution in [-0.2, 0) is 16.0 Å². The maximum absolute atomic E-state index is 12.9. The van der Waals surface area contributed by atoms with Gasteiger partial charge < -0.3 is 5.32 Å². The Labute approximate surface area is 184 Å². The third-order valence-electron chi connectivity index (χ3n) is 5.60. The molecule has 0 aliphatic carbocycles. The summed E-state index contributed by atoms with van der Waals surface area (Å²) in [5, 5.41) is 3.37. The van der Waals surface area contributed by atoms with Crippen LogP contribution in [0.2, 0.25) is 0 Å². The van der Waals surface area contributed by atoms with Gasteiger partial charge in [0.05, 0.1) is 17.8 Å². The predicted octanol–water partition coefficient (Wildman–Crippen LogP) is 5.00. The number of hydrogen-bond acceptors (Lipinski definition) is 5. The first-order valence-corrected chi connectivity index (χ1v) is 11.4. The number of ketones is 2. The van der Waals surface area contributed by atoms with E-state index in [1.165, 1.54) is 0 Å². The molecule has 0 aromatic carbocycles. The minimum Gasteiger partial charge on any atom is -0.374 e. The van der Waals surface area contributed by atoms with Crippen LogP contribution in [0.25, 0.3) is 0 Å². The second-order valence-electron chi connectivity index (χ2n) is 9.97. The lowest BCUT2D eigenvalue weighted by Gasteiger charge is -2.39. The van der Waals surface area contributed by atoms with Crippen molar-refractivity contribution in [2.24, 2.45) is 17.3 Å². The Morgan fingerprint density at radius 3 is 2.20 bits per heavy atom. The zero-order valence-electron chi connectivity index (χ0n) is 20.6. The van der Waals surface area contributed by atoms with Crippen molar-refractivity contribution in [1.29, 1.82) is 0 Å². The van der Waals surface area contributed by atoms with E-state index in [2.05, 4.69) is 62.8 Å². The number of nitrogens with one attached hydrogen (secondary N) is 1. The number of likely N-dealkylation sites (N-methyl/N-ethyl adjacent to an activating group) is 1. The van der Waals surface area contributed by atoms with Gasteiger partial charge in [-0.25, -0.2) is 0 Å². The Morgan fingerprint density at radius 2 is 1.73 bits per heavy atom. The minimum atomic E-state index is -0.201. The van der Waals surface area contributed by atoms with Crippen LogP contribution in [0.5, 0.6) is 0 Å². The quantitative estimate of drug-likeness (QED) is 0.518. The first-order chi connectivity index (χ1) is 13.9. The fourth-order valence-electron chi connectivity index (χ4n) is 3.93. The third-order valence-corrected chi connectivity index (χ3v) is 5.60. The molecule has 0 saturated carbocycles. The van der Waals surface area contributed by atoms with E-state index in [1.807, 2.05) is 27.0 Å². The molecular weight excluding hydrogens is 374 g/mol. The number of carbonyl (C=O) groups excluding carboxylic acids is 2. The summed E-state index contributed by atoms with van der Waals surface area (Å²) in [4.78, 5) is 31.9. The summed E-state index contributed by atoms with van der Waals surface area (Å²) in [7, 11) is 0. The Balaban J connectivity index is 2.96. The van der Waals surface area contributed by atoms with Crippen molar-refractivity contribution in [2.75, 3.05) is 18.4 Å². The summed E-state index contributed by atoms with van der Waals surface area (Å²) in [6, 6.07) is 1.77. The van der Waals surface area contributed by atoms with E-state index >= 15 is 0 Å². The van der Waals surface area contributed by atoms with Gasteiger partial charge in [0.25, 0.3) is 0 Å². The smallest absolute Gasteiger partial charge is 0.154 e. The highest BCUT2D eigenvalue weighted by Gasteiger charge is 2.36. The Bertz CT molecular complexity index is 692. The molecule has 5 nitrogen and oxygen atoms in total. The van der Waals surface area contributed by atoms with Crippen molar-refractivity contribution in [3.05, 3.63) is 24.0 Å². The lowest BCUT2D eigenvalue weighted by molar-refractivity contribution is -0.131. The van der Waals surface area contributed by atoms with Gasteiger partial charge in [0.2, 0.25) is 0 Å². The first kappa shape index (κ1) is 26.3. The van der Waals surface area contributed by atoms with Crippen LogP contribution in [0.3, 0.4) is 0 Å². The Morgan fingerprint density at radius 1 is 1.10 bits per heavy atom. The van der Waals surface area contributed by atoms with E-state index in [9.17, 15) is 9.59 Å². The standard InChI is InChI=1S/C25H43N3O2/c1-10-21(29)22(17(3)4)27-20-14-19(15-26-16-20)12-13-28(11-2)24(25(7,8)9)23(30)18(5)6/h14-18,22,24,27H,10-13H2,1-9H3. The number of Topliss-reactive ketones (excluding diaryl/α,β-unsaturated/α-hetero) is 2. The molecule has 5 heteroatoms. The lowest BCUT2D eigenvalue weighted by atomic mass is 9.80. The summed E-state index contributed by atoms with van der Waals surface area (Å²) in [5.41, 5.74) is 1.86. The summed E-state index contributed by atoms with van der Waals surface area (Å²) in [5.74, 6) is 0.747. The van der Waals surface area contributed by atoms with Gasteiger partial charge in [0.1, 0.15) is 0 Å². The number of rotatable bonds is 12. The molecule has 0 aliphatic heterocycles. The van der Waals surface area contributed by atoms with Crippen LogP contribution in [0.4, 0.5) is 5.69 Å². The summed E-state index contributed by atoms with van der Waals surface area (Å²) in [6.07, 6.45) is 4.98. The van der Waals surface area contributed by atoms with Gasteiger partial charge in [-0.2, -0.15) is 0 Å². The van der Waals surface area contributed by atoms with Crippen molar-refractivity contribution >= 4 is 17.3 Å². The van der Waals surface area contributed by atoms with Gasteiger partial charge in [0.15, 0.2) is 11.6 Å². The maximum Gasteiger partial charge on any atom is 0.154 e. The van der Waals surface area contributed by atoms with Crippen LogP contribution in [0.15, 0.2) is 18.5 Å². The van der Waals surface area contributed by atoms with Gasteiger partial charge >= 0.3 is 0 Å². The van der Waals surface area contributed by atoms with E-state index in [-0.39, 0.29) is 35.1 Å². The van der Waals surface area contributed by atoms with E-state index in [0.29, 0.717) is 12.2 Å². The number of hydrogen-bond donors (Lipinski definition) is 1. The number of nitrogens with zero attached hydrogens (tertiary/aromatic N) is 2. The molecule has 1 N–H and O–H groups in total. The molecule has 0 amide bonds. The highest BCUT2D eigenvalue weighted by molar-refractivity contribution is 5.87. The van der Waals surface area contributed by atoms with Gasteiger partial charge in [0, 0.05) is 31.3 Å². The lowest BCUT2D eigenvalue weighted by Crippen LogP contribution is -2.51. The molecule has 0 saturated heterocycles. The normalized spacial score (nSPS) is 14.3. The fraction of sp³-hybridized carbons (Fsp3) is 0.720. The van der Waals surface area contributed by atoms with Crippen LogP contribution < -0.4 is 5.32 Å². The van der Waals surface area contributed by atoms with E-state index < -0.39 is 0 Å². The number of pyridine rings is 1. The van der Waals surface area contributed by atoms with Gasteiger partial charge in [-0.05, 0) is 35.9 Å². The van der Waals surface area contributed by atoms with Crippen molar-refractivity contribution in [2.45, 2.75) is 87.2 Å². The molecule has 1 heterocycles. The SMILES string of the molecule is CCC(=O)C(Nc1cncc(CCN(CC)C(C(=O)C(C)C)C(C)(C)C)c1)C(C)C. The average Bonchev–Trinajstić information content (AvgIpc) is 2.67. The van der Waals surface area contributed by atoms with Gasteiger partial charge in [-0.3, -0.25) is 19.5 Å². The molecule has 2 unspecified atom stereocenters. The summed E-state index contributed by atoms with van der Waals surface area (Å²) in [6.45, 7) is 20.1. The molecule has 30 heavy (non-hydrogen) atoms. The highest BCUT2D eigenvalue weighted by atomic mass is 16.1. The monoisotopic (exact) mass is 417 g/mol. The largest absolute Gasteiger partial charge is 0.374 e. The molecule has 170 valence electrons. The minimum absolute atomic E-state index is 0.0153. The zero-order chi connectivity index (χ0) is 23.1. The molecule has 2 atom stereocenters. The van der Waals surface area contributed by atoms with Crippen molar-refractivity contribution < 1.29 is 9.59 Å². The van der Waals surface area contributed by atoms with Crippen molar-refractivity contribution in [3.8, 4) is 0 Å². The van der Waals surface area contributed by atoms with Gasteiger partial charge in [-0.15, -0.1) is 0 Å². The molecule has 0 bridgehead atoms. The topological polar surface area (TPSA) is 62.3 Å². The maximum atomic E-state index is 12.9. The third kappa shape index (κ3) is 7.50. The number of carbonyl (C=O) groups is 2. The van der Waals surface area contributed by atoms with Crippen LogP contribution in [-0.4, -0.2) is 46.6 Å². The Hall–Kier alpha value is -1.75. The second kappa shape index (κ2) is 11.6. The molecule has 0 fully saturated rings. The fourth-order valence-corrected chi connectivity index (χ4v) is 3.93. The molecule has 1 aromatic heterocycles. The van der Waals surface area contributed by atoms with Crippen molar-refractivity contribution in [3.63, 3.8) is 0 Å². The van der Waals surface area contributed by atoms with Gasteiger partial charge in [-0.1, -0.05) is 62.3 Å². The first-order valence-electron chi connectivity index (χ1n) is 11.4. The molecule has 0 spiro atoms. The number of aromatic nitrogens is 1. The molecule has 1 rings (SSSR count). The van der Waals surface area contributed by atoms with Crippen LogP contribution in [0.1, 0.15) is 74.3 Å². The van der Waals surface area contributed by atoms with E-state index in [1.54, 1.807) is 6.20 Å². The molecule has 0 radical (unpaired) electrons. The zero-order valence-corrected chi connectivity index (χ0v) is 20.6. The van der Waals surface area contributed by atoms with E-state index in [4.69, 9.17) is 0 Å². The molecular formula is C25H43N3O2. The number of anilines is 1. The summed E-state index contributed by atoms with van der Waals surface area (Å²) >= 11 is 0. The van der Waals surface area contributed by atoms with Crippen LogP contribution >= 0.6 is 0 Å². The van der Waals surface area contributed by atoms with Crippen molar-refractivity contribution in [1.82, 2.24) is 9.88 Å². The van der Waals surface area contributed by atoms with Crippen LogP contribution in [0, 0.1) is 17.3 Å². The Kier molecular flexibility index (Phi) is 10.2. The summed E-state index contributed by atoms with van der Waals surface area (Å²) < 4.78 is 0.